The molecule has 0 unspecified atom stereocenters. The molecule has 1 aliphatic heterocycles. The average Bonchev–Trinajstić information content (AvgIpc) is 3.23. The molecule has 2 heterocycles. The number of ether oxygens (including phenoxy) is 2. The van der Waals surface area contributed by atoms with Gasteiger partial charge in [0, 0.05) is 10.6 Å². The van der Waals surface area contributed by atoms with E-state index < -0.39 is 54.7 Å². The molecule has 8 nitrogen and oxygen atoms in total. The Bertz CT molecular complexity index is 1090. The van der Waals surface area contributed by atoms with Crippen LogP contribution in [0.25, 0.3) is 11.3 Å². The Morgan fingerprint density at radius 1 is 1.09 bits per heavy atom. The SMILES string of the molecule is OC[C@H]1O[C@H](Oc2cccc(Cl)c2)[C@H](O)[C@@H](n2cc(-c3cc(F)c(F)c(F)c3)nn2)[C@H]1O. The standard InChI is InChI=1S/C20H17ClF3N3O5/c21-10-2-1-3-11(6-10)31-20-19(30)17(18(29)15(8-28)32-20)27-7-14(25-26-27)9-4-12(22)16(24)13(23)5-9/h1-7,15,17-20,28-30H,8H2/t15-,17+,18+,19-,20+/m1/s1. The van der Waals surface area contributed by atoms with Gasteiger partial charge >= 0.3 is 0 Å². The van der Waals surface area contributed by atoms with Crippen LogP contribution in [0.15, 0.2) is 42.6 Å². The summed E-state index contributed by atoms with van der Waals surface area (Å²) >= 11 is 5.93. The van der Waals surface area contributed by atoms with Crippen molar-refractivity contribution in [2.45, 2.75) is 30.6 Å². The van der Waals surface area contributed by atoms with E-state index in [1.54, 1.807) is 18.2 Å². The summed E-state index contributed by atoms with van der Waals surface area (Å²) in [7, 11) is 0. The summed E-state index contributed by atoms with van der Waals surface area (Å²) in [5, 5.41) is 39.0. The summed E-state index contributed by atoms with van der Waals surface area (Å²) in [5.41, 5.74) is -0.143. The molecule has 4 rings (SSSR count). The van der Waals surface area contributed by atoms with E-state index >= 15 is 0 Å². The number of nitrogens with zero attached hydrogens (tertiary/aromatic N) is 3. The van der Waals surface area contributed by atoms with Gasteiger partial charge < -0.3 is 24.8 Å². The second-order valence-electron chi connectivity index (χ2n) is 7.11. The fourth-order valence-electron chi connectivity index (χ4n) is 3.41. The third-order valence-electron chi connectivity index (χ3n) is 4.99. The molecule has 1 aliphatic rings. The van der Waals surface area contributed by atoms with Crippen molar-refractivity contribution in [2.75, 3.05) is 6.61 Å². The van der Waals surface area contributed by atoms with Crippen LogP contribution >= 0.6 is 11.6 Å². The van der Waals surface area contributed by atoms with Crippen LogP contribution in [0, 0.1) is 17.5 Å². The molecule has 12 heteroatoms. The minimum atomic E-state index is -1.62. The lowest BCUT2D eigenvalue weighted by molar-refractivity contribution is -0.260. The van der Waals surface area contributed by atoms with Crippen LogP contribution < -0.4 is 4.74 Å². The van der Waals surface area contributed by atoms with Crippen LogP contribution in [-0.2, 0) is 4.74 Å². The van der Waals surface area contributed by atoms with Gasteiger partial charge in [-0.3, -0.25) is 0 Å². The number of benzene rings is 2. The highest BCUT2D eigenvalue weighted by molar-refractivity contribution is 6.30. The lowest BCUT2D eigenvalue weighted by Crippen LogP contribution is -2.57. The first-order valence-corrected chi connectivity index (χ1v) is 9.77. The quantitative estimate of drug-likeness (QED) is 0.489. The fraction of sp³-hybridized carbons (Fsp3) is 0.300. The summed E-state index contributed by atoms with van der Waals surface area (Å²) in [6.07, 6.45) is -4.21. The number of aromatic nitrogens is 3. The minimum Gasteiger partial charge on any atom is -0.462 e. The van der Waals surface area contributed by atoms with Crippen molar-refractivity contribution < 1.29 is 38.0 Å². The maximum Gasteiger partial charge on any atom is 0.228 e. The molecule has 32 heavy (non-hydrogen) atoms. The molecule has 1 aromatic heterocycles. The van der Waals surface area contributed by atoms with E-state index in [2.05, 4.69) is 10.3 Å². The van der Waals surface area contributed by atoms with Crippen LogP contribution in [0.5, 0.6) is 5.75 Å². The van der Waals surface area contributed by atoms with Gasteiger partial charge in [-0.2, -0.15) is 0 Å². The summed E-state index contributed by atoms with van der Waals surface area (Å²) in [4.78, 5) is 0. The maximum absolute atomic E-state index is 13.6. The first-order valence-electron chi connectivity index (χ1n) is 9.40. The van der Waals surface area contributed by atoms with E-state index in [0.717, 1.165) is 16.8 Å². The molecule has 2 aromatic carbocycles. The molecular weight excluding hydrogens is 455 g/mol. The topological polar surface area (TPSA) is 110 Å². The largest absolute Gasteiger partial charge is 0.462 e. The molecule has 1 fully saturated rings. The molecule has 0 spiro atoms. The van der Waals surface area contributed by atoms with Gasteiger partial charge in [-0.25, -0.2) is 17.9 Å². The summed E-state index contributed by atoms with van der Waals surface area (Å²) in [6, 6.07) is 6.57. The number of aliphatic hydroxyl groups is 3. The highest BCUT2D eigenvalue weighted by atomic mass is 35.5. The smallest absolute Gasteiger partial charge is 0.228 e. The van der Waals surface area contributed by atoms with Crippen LogP contribution in [0.1, 0.15) is 6.04 Å². The van der Waals surface area contributed by atoms with Gasteiger partial charge in [0.05, 0.1) is 12.8 Å². The van der Waals surface area contributed by atoms with Gasteiger partial charge in [0.1, 0.15) is 35.8 Å². The van der Waals surface area contributed by atoms with E-state index in [4.69, 9.17) is 21.1 Å². The monoisotopic (exact) mass is 471 g/mol. The molecule has 0 aliphatic carbocycles. The van der Waals surface area contributed by atoms with E-state index in [9.17, 15) is 28.5 Å². The fourth-order valence-corrected chi connectivity index (χ4v) is 3.59. The first kappa shape index (κ1) is 22.5. The Morgan fingerprint density at radius 2 is 1.81 bits per heavy atom. The van der Waals surface area contributed by atoms with Gasteiger partial charge in [0.2, 0.25) is 6.29 Å². The Morgan fingerprint density at radius 3 is 2.47 bits per heavy atom. The minimum absolute atomic E-state index is 0.0402. The van der Waals surface area contributed by atoms with Crippen molar-refractivity contribution in [1.29, 1.82) is 0 Å². The number of aliphatic hydroxyl groups excluding tert-OH is 3. The molecular formula is C20H17ClF3N3O5. The molecule has 0 amide bonds. The van der Waals surface area contributed by atoms with Crippen LogP contribution in [0.4, 0.5) is 13.2 Å². The van der Waals surface area contributed by atoms with Crippen molar-refractivity contribution in [3.8, 4) is 17.0 Å². The van der Waals surface area contributed by atoms with E-state index in [0.29, 0.717) is 5.02 Å². The Kier molecular flexibility index (Phi) is 6.35. The predicted octanol–water partition coefficient (Wildman–Crippen LogP) is 2.07. The Labute approximate surface area is 184 Å². The zero-order chi connectivity index (χ0) is 23.0. The maximum atomic E-state index is 13.6. The summed E-state index contributed by atoms with van der Waals surface area (Å²) < 4.78 is 52.6. The van der Waals surface area contributed by atoms with Crippen LogP contribution in [0.3, 0.4) is 0 Å². The normalized spacial score (nSPS) is 25.7. The summed E-state index contributed by atoms with van der Waals surface area (Å²) in [6.45, 7) is -0.601. The van der Waals surface area contributed by atoms with Crippen molar-refractivity contribution in [1.82, 2.24) is 15.0 Å². The van der Waals surface area contributed by atoms with Crippen molar-refractivity contribution >= 4 is 11.6 Å². The first-order chi connectivity index (χ1) is 15.3. The molecule has 3 aromatic rings. The average molecular weight is 472 g/mol. The molecule has 170 valence electrons. The van der Waals surface area contributed by atoms with Gasteiger partial charge in [-0.05, 0) is 30.3 Å². The number of hydrogen-bond donors (Lipinski definition) is 3. The van der Waals surface area contributed by atoms with Gasteiger partial charge in [0.25, 0.3) is 0 Å². The predicted molar refractivity (Wildman–Crippen MR) is 104 cm³/mol. The van der Waals surface area contributed by atoms with Crippen LogP contribution in [0.2, 0.25) is 5.02 Å². The second kappa shape index (κ2) is 9.04. The molecule has 0 radical (unpaired) electrons. The third kappa shape index (κ3) is 4.30. The lowest BCUT2D eigenvalue weighted by atomic mass is 9.96. The third-order valence-corrected chi connectivity index (χ3v) is 5.23. The second-order valence-corrected chi connectivity index (χ2v) is 7.55. The van der Waals surface area contributed by atoms with Crippen molar-refractivity contribution in [3.05, 3.63) is 65.1 Å². The van der Waals surface area contributed by atoms with Crippen molar-refractivity contribution in [2.24, 2.45) is 0 Å². The molecule has 1 saturated heterocycles. The van der Waals surface area contributed by atoms with Crippen molar-refractivity contribution in [3.63, 3.8) is 0 Å². The van der Waals surface area contributed by atoms with Gasteiger partial charge in [0.15, 0.2) is 17.5 Å². The van der Waals surface area contributed by atoms with Gasteiger partial charge in [-0.15, -0.1) is 5.10 Å². The number of rotatable bonds is 5. The highest BCUT2D eigenvalue weighted by Gasteiger charge is 2.47. The Balaban J connectivity index is 1.64. The van der Waals surface area contributed by atoms with Gasteiger partial charge in [-0.1, -0.05) is 22.9 Å². The van der Waals surface area contributed by atoms with E-state index in [-0.39, 0.29) is 17.0 Å². The van der Waals surface area contributed by atoms with Crippen LogP contribution in [-0.4, -0.2) is 61.5 Å². The number of hydrogen-bond acceptors (Lipinski definition) is 7. The van der Waals surface area contributed by atoms with E-state index in [1.807, 2.05) is 0 Å². The van der Waals surface area contributed by atoms with E-state index in [1.165, 1.54) is 12.3 Å². The summed E-state index contributed by atoms with van der Waals surface area (Å²) in [5.74, 6) is -4.17. The molecule has 3 N–H and O–H groups in total. The molecule has 5 atom stereocenters. The molecule has 0 saturated carbocycles. The highest BCUT2D eigenvalue weighted by Crippen LogP contribution is 2.33. The lowest BCUT2D eigenvalue weighted by Gasteiger charge is -2.41. The molecule has 0 bridgehead atoms. The number of halogens is 4. The zero-order valence-corrected chi connectivity index (χ0v) is 16.9. The zero-order valence-electron chi connectivity index (χ0n) is 16.1. The Hall–Kier alpha value is -2.70.